The maximum Gasteiger partial charge on any atom is 0.0693 e. The van der Waals surface area contributed by atoms with E-state index in [9.17, 15) is 5.11 Å². The third kappa shape index (κ3) is 3.25. The molecule has 2 nitrogen and oxygen atoms in total. The molecule has 0 amide bonds. The Hall–Kier alpha value is -0.0800. The molecule has 14 heavy (non-hydrogen) atoms. The molecule has 4 atom stereocenters. The second-order valence-corrected chi connectivity index (χ2v) is 4.80. The summed E-state index contributed by atoms with van der Waals surface area (Å²) in [7, 11) is 0. The number of aliphatic hydroxyl groups excluding tert-OH is 1. The SMILES string of the molecule is CC[C@H](C)[C@H](C)N[C@@H]1CCCC[C@H]1O. The standard InChI is InChI=1S/C12H25NO/c1-4-9(2)10(3)13-11-7-5-6-8-12(11)14/h9-14H,4-8H2,1-3H3/t9-,10-,11+,12+/m0/s1. The summed E-state index contributed by atoms with van der Waals surface area (Å²) in [6.07, 6.45) is 5.67. The van der Waals surface area contributed by atoms with E-state index >= 15 is 0 Å². The second-order valence-electron chi connectivity index (χ2n) is 4.80. The van der Waals surface area contributed by atoms with Crippen molar-refractivity contribution in [1.29, 1.82) is 0 Å². The molecule has 0 unspecified atom stereocenters. The minimum absolute atomic E-state index is 0.116. The van der Waals surface area contributed by atoms with Crippen molar-refractivity contribution >= 4 is 0 Å². The monoisotopic (exact) mass is 199 g/mol. The van der Waals surface area contributed by atoms with Crippen LogP contribution in [0.3, 0.4) is 0 Å². The minimum Gasteiger partial charge on any atom is -0.392 e. The van der Waals surface area contributed by atoms with Gasteiger partial charge in [0.25, 0.3) is 0 Å². The van der Waals surface area contributed by atoms with Crippen molar-refractivity contribution in [2.24, 2.45) is 5.92 Å². The first-order valence-electron chi connectivity index (χ1n) is 6.09. The summed E-state index contributed by atoms with van der Waals surface area (Å²) < 4.78 is 0. The van der Waals surface area contributed by atoms with Crippen LogP contribution in [0.5, 0.6) is 0 Å². The van der Waals surface area contributed by atoms with E-state index in [0.29, 0.717) is 18.0 Å². The molecule has 0 saturated heterocycles. The number of hydrogen-bond donors (Lipinski definition) is 2. The van der Waals surface area contributed by atoms with E-state index in [1.54, 1.807) is 0 Å². The predicted octanol–water partition coefficient (Wildman–Crippen LogP) is 2.31. The average molecular weight is 199 g/mol. The van der Waals surface area contributed by atoms with E-state index in [0.717, 1.165) is 12.8 Å². The lowest BCUT2D eigenvalue weighted by molar-refractivity contribution is 0.0817. The van der Waals surface area contributed by atoms with E-state index in [-0.39, 0.29) is 6.10 Å². The lowest BCUT2D eigenvalue weighted by Gasteiger charge is -2.33. The van der Waals surface area contributed by atoms with Crippen LogP contribution in [0.4, 0.5) is 0 Å². The Kier molecular flexibility index (Phi) is 4.90. The molecule has 0 aromatic rings. The van der Waals surface area contributed by atoms with Crippen LogP contribution in [0.25, 0.3) is 0 Å². The molecular formula is C12H25NO. The normalized spacial score (nSPS) is 32.6. The van der Waals surface area contributed by atoms with Gasteiger partial charge in [0.2, 0.25) is 0 Å². The van der Waals surface area contributed by atoms with Gasteiger partial charge in [-0.3, -0.25) is 0 Å². The molecule has 0 spiro atoms. The zero-order chi connectivity index (χ0) is 10.6. The maximum atomic E-state index is 9.81. The maximum absolute atomic E-state index is 9.81. The Morgan fingerprint density at radius 1 is 1.29 bits per heavy atom. The summed E-state index contributed by atoms with van der Waals surface area (Å²) in [6, 6.07) is 0.866. The van der Waals surface area contributed by atoms with Crippen LogP contribution in [0.15, 0.2) is 0 Å². The van der Waals surface area contributed by atoms with Gasteiger partial charge in [0.15, 0.2) is 0 Å². The molecular weight excluding hydrogens is 174 g/mol. The fourth-order valence-corrected chi connectivity index (χ4v) is 2.16. The first-order valence-corrected chi connectivity index (χ1v) is 6.09. The molecule has 1 aliphatic carbocycles. The number of nitrogens with one attached hydrogen (secondary N) is 1. The molecule has 0 aliphatic heterocycles. The lowest BCUT2D eigenvalue weighted by atomic mass is 9.90. The van der Waals surface area contributed by atoms with Gasteiger partial charge in [-0.1, -0.05) is 33.1 Å². The summed E-state index contributed by atoms with van der Waals surface area (Å²) in [4.78, 5) is 0. The van der Waals surface area contributed by atoms with Gasteiger partial charge in [-0.15, -0.1) is 0 Å². The Balaban J connectivity index is 2.34. The van der Waals surface area contributed by atoms with Crippen molar-refractivity contribution in [1.82, 2.24) is 5.32 Å². The molecule has 0 bridgehead atoms. The lowest BCUT2D eigenvalue weighted by Crippen LogP contribution is -2.47. The Labute approximate surface area is 88.1 Å². The Morgan fingerprint density at radius 2 is 1.93 bits per heavy atom. The van der Waals surface area contributed by atoms with Gasteiger partial charge in [-0.05, 0) is 25.7 Å². The third-order valence-corrected chi connectivity index (χ3v) is 3.70. The topological polar surface area (TPSA) is 32.3 Å². The average Bonchev–Trinajstić information content (AvgIpc) is 2.20. The van der Waals surface area contributed by atoms with Crippen molar-refractivity contribution in [2.45, 2.75) is 71.1 Å². The van der Waals surface area contributed by atoms with Gasteiger partial charge in [-0.2, -0.15) is 0 Å². The predicted molar refractivity (Wildman–Crippen MR) is 60.3 cm³/mol. The van der Waals surface area contributed by atoms with Crippen LogP contribution in [0, 0.1) is 5.92 Å². The minimum atomic E-state index is -0.116. The van der Waals surface area contributed by atoms with E-state index < -0.39 is 0 Å². The van der Waals surface area contributed by atoms with Crippen LogP contribution in [-0.2, 0) is 0 Å². The van der Waals surface area contributed by atoms with E-state index in [2.05, 4.69) is 26.1 Å². The van der Waals surface area contributed by atoms with Crippen molar-refractivity contribution in [3.8, 4) is 0 Å². The summed E-state index contributed by atoms with van der Waals surface area (Å²) in [5, 5.41) is 13.4. The molecule has 0 aromatic carbocycles. The molecule has 2 N–H and O–H groups in total. The molecule has 1 aliphatic rings. The van der Waals surface area contributed by atoms with Gasteiger partial charge in [0, 0.05) is 12.1 Å². The smallest absolute Gasteiger partial charge is 0.0693 e. The van der Waals surface area contributed by atoms with Crippen molar-refractivity contribution in [3.05, 3.63) is 0 Å². The molecule has 1 saturated carbocycles. The van der Waals surface area contributed by atoms with Gasteiger partial charge in [0.05, 0.1) is 6.10 Å². The highest BCUT2D eigenvalue weighted by atomic mass is 16.3. The highest BCUT2D eigenvalue weighted by Gasteiger charge is 2.25. The fourth-order valence-electron chi connectivity index (χ4n) is 2.16. The molecule has 1 rings (SSSR count). The van der Waals surface area contributed by atoms with Gasteiger partial charge in [-0.25, -0.2) is 0 Å². The highest BCUT2D eigenvalue weighted by Crippen LogP contribution is 2.20. The zero-order valence-corrected chi connectivity index (χ0v) is 9.79. The summed E-state index contributed by atoms with van der Waals surface area (Å²) in [5.41, 5.74) is 0. The first kappa shape index (κ1) is 12.0. The van der Waals surface area contributed by atoms with Crippen molar-refractivity contribution in [2.75, 3.05) is 0 Å². The zero-order valence-electron chi connectivity index (χ0n) is 9.79. The van der Waals surface area contributed by atoms with Crippen molar-refractivity contribution in [3.63, 3.8) is 0 Å². The Morgan fingerprint density at radius 3 is 2.50 bits per heavy atom. The molecule has 84 valence electrons. The molecule has 0 aromatic heterocycles. The highest BCUT2D eigenvalue weighted by molar-refractivity contribution is 4.83. The van der Waals surface area contributed by atoms with E-state index in [4.69, 9.17) is 0 Å². The van der Waals surface area contributed by atoms with Crippen LogP contribution in [0.2, 0.25) is 0 Å². The number of hydrogen-bond acceptors (Lipinski definition) is 2. The fraction of sp³-hybridized carbons (Fsp3) is 1.00. The Bertz CT molecular complexity index is 160. The largest absolute Gasteiger partial charge is 0.392 e. The molecule has 2 heteroatoms. The summed E-state index contributed by atoms with van der Waals surface area (Å²) >= 11 is 0. The van der Waals surface area contributed by atoms with Crippen LogP contribution in [0.1, 0.15) is 52.9 Å². The van der Waals surface area contributed by atoms with Crippen molar-refractivity contribution < 1.29 is 5.11 Å². The van der Waals surface area contributed by atoms with E-state index in [1.165, 1.54) is 19.3 Å². The first-order chi connectivity index (χ1) is 6.65. The quantitative estimate of drug-likeness (QED) is 0.728. The molecule has 1 fully saturated rings. The summed E-state index contributed by atoms with van der Waals surface area (Å²) in [6.45, 7) is 6.72. The van der Waals surface area contributed by atoms with Gasteiger partial charge < -0.3 is 10.4 Å². The molecule has 0 radical (unpaired) electrons. The van der Waals surface area contributed by atoms with Crippen LogP contribution >= 0.6 is 0 Å². The molecule has 0 heterocycles. The van der Waals surface area contributed by atoms with E-state index in [1.807, 2.05) is 0 Å². The number of aliphatic hydroxyl groups is 1. The second kappa shape index (κ2) is 5.72. The van der Waals surface area contributed by atoms with Gasteiger partial charge >= 0.3 is 0 Å². The summed E-state index contributed by atoms with van der Waals surface area (Å²) in [5.74, 6) is 0.698. The number of rotatable bonds is 4. The van der Waals surface area contributed by atoms with Gasteiger partial charge in [0.1, 0.15) is 0 Å². The van der Waals surface area contributed by atoms with Crippen LogP contribution < -0.4 is 5.32 Å². The third-order valence-electron chi connectivity index (χ3n) is 3.70. The van der Waals surface area contributed by atoms with Crippen LogP contribution in [-0.4, -0.2) is 23.3 Å².